The lowest BCUT2D eigenvalue weighted by Crippen LogP contribution is -3.00. The summed E-state index contributed by atoms with van der Waals surface area (Å²) < 4.78 is 0. The van der Waals surface area contributed by atoms with E-state index in [1.54, 1.807) is 31.1 Å². The largest absolute Gasteiger partial charge is 1.00 e. The third-order valence-corrected chi connectivity index (χ3v) is 10.5. The van der Waals surface area contributed by atoms with Gasteiger partial charge in [-0.05, 0) is 32.1 Å². The van der Waals surface area contributed by atoms with Gasteiger partial charge in [-0.1, -0.05) is 85.5 Å². The monoisotopic (exact) mass is 378 g/mol. The first-order valence-corrected chi connectivity index (χ1v) is 13.6. The van der Waals surface area contributed by atoms with E-state index < -0.39 is 7.26 Å². The maximum atomic E-state index is 2.38. The van der Waals surface area contributed by atoms with Gasteiger partial charge in [0, 0.05) is 7.26 Å². The van der Waals surface area contributed by atoms with Gasteiger partial charge in [0.25, 0.3) is 0 Å². The molecule has 0 aromatic rings. The van der Waals surface area contributed by atoms with E-state index in [0.717, 1.165) is 0 Å². The van der Waals surface area contributed by atoms with E-state index >= 15 is 0 Å². The fourth-order valence-corrected chi connectivity index (χ4v) is 8.93. The lowest BCUT2D eigenvalue weighted by atomic mass is 10.1. The summed E-state index contributed by atoms with van der Waals surface area (Å²) in [5.74, 6) is 0. The number of hydrogen-bond donors (Lipinski definition) is 0. The van der Waals surface area contributed by atoms with Crippen LogP contribution in [0.2, 0.25) is 0 Å². The van der Waals surface area contributed by atoms with Crippen molar-refractivity contribution in [3.05, 3.63) is 0 Å². The molecule has 0 aliphatic heterocycles. The third kappa shape index (κ3) is 15.0. The van der Waals surface area contributed by atoms with E-state index in [2.05, 4.69) is 27.7 Å². The van der Waals surface area contributed by atoms with Crippen LogP contribution < -0.4 is 12.4 Å². The molecule has 0 aliphatic rings. The Morgan fingerprint density at radius 1 is 0.375 bits per heavy atom. The van der Waals surface area contributed by atoms with Crippen molar-refractivity contribution in [3.63, 3.8) is 0 Å². The number of halogens is 1. The molecule has 0 amide bonds. The highest BCUT2D eigenvalue weighted by atomic mass is 35.5. The van der Waals surface area contributed by atoms with Crippen molar-refractivity contribution in [2.24, 2.45) is 0 Å². The summed E-state index contributed by atoms with van der Waals surface area (Å²) >= 11 is 0. The fourth-order valence-electron chi connectivity index (χ4n) is 3.73. The Morgan fingerprint density at radius 2 is 0.667 bits per heavy atom. The summed E-state index contributed by atoms with van der Waals surface area (Å²) in [6, 6.07) is 0. The van der Waals surface area contributed by atoms with Crippen LogP contribution in [0.3, 0.4) is 0 Å². The second-order valence-electron chi connectivity index (χ2n) is 7.77. The second kappa shape index (κ2) is 20.0. The molecule has 24 heavy (non-hydrogen) atoms. The van der Waals surface area contributed by atoms with Crippen LogP contribution in [0.15, 0.2) is 0 Å². The zero-order chi connectivity index (χ0) is 17.2. The Bertz CT molecular complexity index is 208. The van der Waals surface area contributed by atoms with Crippen LogP contribution in [0.5, 0.6) is 0 Å². The zero-order valence-electron chi connectivity index (χ0n) is 17.6. The highest BCUT2D eigenvalue weighted by molar-refractivity contribution is 7.75. The van der Waals surface area contributed by atoms with Gasteiger partial charge in [-0.25, -0.2) is 0 Å². The van der Waals surface area contributed by atoms with E-state index in [1.165, 1.54) is 83.5 Å². The number of rotatable bonds is 18. The molecular weight excluding hydrogens is 331 g/mol. The van der Waals surface area contributed by atoms with Crippen LogP contribution in [0.1, 0.15) is 118 Å². The molecule has 0 aromatic carbocycles. The van der Waals surface area contributed by atoms with Crippen molar-refractivity contribution in [1.82, 2.24) is 0 Å². The average Bonchev–Trinajstić information content (AvgIpc) is 2.58. The topological polar surface area (TPSA) is 0 Å². The van der Waals surface area contributed by atoms with Gasteiger partial charge in [0.2, 0.25) is 0 Å². The first-order valence-electron chi connectivity index (χ1n) is 11.1. The summed E-state index contributed by atoms with van der Waals surface area (Å²) in [4.78, 5) is 0. The van der Waals surface area contributed by atoms with Gasteiger partial charge in [0.1, 0.15) is 0 Å². The van der Waals surface area contributed by atoms with Gasteiger partial charge >= 0.3 is 0 Å². The van der Waals surface area contributed by atoms with Crippen molar-refractivity contribution in [1.29, 1.82) is 0 Å². The van der Waals surface area contributed by atoms with Gasteiger partial charge < -0.3 is 12.4 Å². The molecule has 0 saturated carbocycles. The lowest BCUT2D eigenvalue weighted by Gasteiger charge is -2.28. The molecule has 0 unspecified atom stereocenters. The van der Waals surface area contributed by atoms with Crippen LogP contribution in [0.4, 0.5) is 0 Å². The average molecular weight is 379 g/mol. The normalized spacial score (nSPS) is 11.5. The van der Waals surface area contributed by atoms with Crippen molar-refractivity contribution in [2.75, 3.05) is 24.6 Å². The van der Waals surface area contributed by atoms with Crippen LogP contribution in [-0.2, 0) is 0 Å². The van der Waals surface area contributed by atoms with E-state index in [9.17, 15) is 0 Å². The van der Waals surface area contributed by atoms with Gasteiger partial charge in [-0.15, -0.1) is 0 Å². The zero-order valence-corrected chi connectivity index (χ0v) is 19.2. The second-order valence-corrected chi connectivity index (χ2v) is 12.2. The summed E-state index contributed by atoms with van der Waals surface area (Å²) in [6.07, 6.45) is 27.0. The minimum Gasteiger partial charge on any atom is -1.00 e. The maximum absolute atomic E-state index is 2.38. The third-order valence-electron chi connectivity index (χ3n) is 5.44. The van der Waals surface area contributed by atoms with Gasteiger partial charge in [0.15, 0.2) is 0 Å². The Balaban J connectivity index is 0. The minimum atomic E-state index is -0.612. The lowest BCUT2D eigenvalue weighted by molar-refractivity contribution is -0.00000535. The molecule has 0 N–H and O–H groups in total. The first kappa shape index (κ1) is 26.9. The predicted molar refractivity (Wildman–Crippen MR) is 114 cm³/mol. The molecule has 0 fully saturated rings. The van der Waals surface area contributed by atoms with Crippen LogP contribution in [-0.4, -0.2) is 24.6 Å². The van der Waals surface area contributed by atoms with E-state index in [-0.39, 0.29) is 12.4 Å². The van der Waals surface area contributed by atoms with E-state index in [4.69, 9.17) is 0 Å². The molecule has 0 aromatic heterocycles. The van der Waals surface area contributed by atoms with Crippen molar-refractivity contribution >= 4 is 7.26 Å². The van der Waals surface area contributed by atoms with Gasteiger partial charge in [0.05, 0.1) is 24.6 Å². The first-order chi connectivity index (χ1) is 11.2. The quantitative estimate of drug-likeness (QED) is 0.217. The molecular formula is C22H48ClP. The van der Waals surface area contributed by atoms with Gasteiger partial charge in [-0.3, -0.25) is 0 Å². The van der Waals surface area contributed by atoms with Crippen LogP contribution in [0.25, 0.3) is 0 Å². The van der Waals surface area contributed by atoms with Crippen molar-refractivity contribution in [2.45, 2.75) is 118 Å². The summed E-state index contributed by atoms with van der Waals surface area (Å²) in [7, 11) is -0.612. The predicted octanol–water partition coefficient (Wildman–Crippen LogP) is 5.55. The molecule has 0 radical (unpaired) electrons. The molecule has 0 bridgehead atoms. The maximum Gasteiger partial charge on any atom is 0.0594 e. The van der Waals surface area contributed by atoms with E-state index in [0.29, 0.717) is 0 Å². The molecule has 2 heteroatoms. The summed E-state index contributed by atoms with van der Waals surface area (Å²) in [5.41, 5.74) is 0. The highest BCUT2D eigenvalue weighted by Crippen LogP contribution is 2.61. The van der Waals surface area contributed by atoms with E-state index in [1.807, 2.05) is 0 Å². The highest BCUT2D eigenvalue weighted by Gasteiger charge is 2.34. The SMILES string of the molecule is CCCCCCCCCC[P+](CCCC)(CCCC)CCCC.[Cl-]. The molecule has 148 valence electrons. The number of unbranched alkanes of at least 4 members (excludes halogenated alkanes) is 10. The van der Waals surface area contributed by atoms with Crippen LogP contribution >= 0.6 is 7.26 Å². The summed E-state index contributed by atoms with van der Waals surface area (Å²) in [5, 5.41) is 0. The van der Waals surface area contributed by atoms with Crippen molar-refractivity contribution < 1.29 is 12.4 Å². The van der Waals surface area contributed by atoms with Crippen LogP contribution in [0, 0.1) is 0 Å². The molecule has 0 rings (SSSR count). The standard InChI is InChI=1S/C22H48P.ClH/c1-5-9-13-14-15-16-17-18-22-23(19-10-6-2,20-11-7-3)21-12-8-4;/h5-22H2,1-4H3;1H/q+1;/p-1. The van der Waals surface area contributed by atoms with Gasteiger partial charge in [-0.2, -0.15) is 0 Å². The molecule has 0 saturated heterocycles. The Morgan fingerprint density at radius 3 is 1.04 bits per heavy atom. The Hall–Kier alpha value is 0.720. The Kier molecular flexibility index (Phi) is 22.5. The van der Waals surface area contributed by atoms with Crippen molar-refractivity contribution in [3.8, 4) is 0 Å². The molecule has 0 aliphatic carbocycles. The molecule has 0 spiro atoms. The molecule has 0 heterocycles. The smallest absolute Gasteiger partial charge is 0.0594 e. The minimum absolute atomic E-state index is 0. The number of hydrogen-bond acceptors (Lipinski definition) is 0. The fraction of sp³-hybridized carbons (Fsp3) is 1.00. The summed E-state index contributed by atoms with van der Waals surface area (Å²) in [6.45, 7) is 9.45. The molecule has 0 atom stereocenters. The molecule has 0 nitrogen and oxygen atoms in total. The Labute approximate surface area is 162 Å².